The Kier molecular flexibility index (Phi) is 8.24. The molecule has 0 aliphatic heterocycles. The third-order valence-electron chi connectivity index (χ3n) is 12.7. The molecule has 0 spiro atoms. The van der Waals surface area contributed by atoms with Crippen LogP contribution in [0.5, 0.6) is 0 Å². The molecule has 6 aliphatic rings. The lowest BCUT2D eigenvalue weighted by molar-refractivity contribution is 0.442. The number of hydrogen-bond donors (Lipinski definition) is 0. The topological polar surface area (TPSA) is 12.9 Å². The molecule has 0 bridgehead atoms. The fourth-order valence-corrected chi connectivity index (χ4v) is 10.4. The van der Waals surface area contributed by atoms with Crippen LogP contribution in [0.3, 0.4) is 0 Å². The maximum atomic E-state index is 5.35. The summed E-state index contributed by atoms with van der Waals surface area (Å²) in [6, 6.07) is 32.0. The number of hydrogen-bond acceptors (Lipinski definition) is 1. The maximum Gasteiger partial charge on any atom is 0.0706 e. The summed E-state index contributed by atoms with van der Waals surface area (Å²) in [5.41, 5.74) is 12.5. The molecule has 2 atom stereocenters. The van der Waals surface area contributed by atoms with Crippen molar-refractivity contribution < 1.29 is 0 Å². The largest absolute Gasteiger partial charge is 0.248 e. The highest BCUT2D eigenvalue weighted by Crippen LogP contribution is 2.44. The molecule has 6 aliphatic carbocycles. The molecule has 1 aromatic heterocycles. The van der Waals surface area contributed by atoms with Gasteiger partial charge in [0.2, 0.25) is 0 Å². The van der Waals surface area contributed by atoms with Crippen molar-refractivity contribution in [1.29, 1.82) is 0 Å². The second kappa shape index (κ2) is 13.5. The molecular formula is C51H47N. The van der Waals surface area contributed by atoms with Crippen LogP contribution in [0.25, 0.3) is 40.0 Å². The van der Waals surface area contributed by atoms with Crippen molar-refractivity contribution in [3.05, 3.63) is 175 Å². The van der Waals surface area contributed by atoms with E-state index in [2.05, 4.69) is 134 Å². The van der Waals surface area contributed by atoms with E-state index in [1.807, 2.05) is 0 Å². The molecular weight excluding hydrogens is 627 g/mol. The highest BCUT2D eigenvalue weighted by molar-refractivity contribution is 5.95. The van der Waals surface area contributed by atoms with E-state index in [4.69, 9.17) is 4.98 Å². The Bertz CT molecular complexity index is 2620. The van der Waals surface area contributed by atoms with Gasteiger partial charge in [-0.25, -0.2) is 4.98 Å². The molecule has 1 heteroatoms. The van der Waals surface area contributed by atoms with Gasteiger partial charge in [0.1, 0.15) is 0 Å². The van der Waals surface area contributed by atoms with Gasteiger partial charge >= 0.3 is 0 Å². The average Bonchev–Trinajstić information content (AvgIpc) is 3.22. The van der Waals surface area contributed by atoms with Crippen LogP contribution in [0, 0.1) is 11.8 Å². The van der Waals surface area contributed by atoms with E-state index in [1.165, 1.54) is 85.7 Å². The zero-order valence-electron chi connectivity index (χ0n) is 30.2. The fourth-order valence-electron chi connectivity index (χ4n) is 10.4. The first-order valence-electron chi connectivity index (χ1n) is 20.0. The molecule has 2 unspecified atom stereocenters. The predicted molar refractivity (Wildman–Crippen MR) is 218 cm³/mol. The Balaban J connectivity index is 1.14. The van der Waals surface area contributed by atoms with E-state index in [0.717, 1.165) is 49.9 Å². The molecule has 1 saturated carbocycles. The molecule has 0 radical (unpaired) electrons. The first kappa shape index (κ1) is 31.7. The highest BCUT2D eigenvalue weighted by atomic mass is 14.7. The summed E-state index contributed by atoms with van der Waals surface area (Å²) in [6.07, 6.45) is 32.7. The number of aromatic nitrogens is 1. The van der Waals surface area contributed by atoms with Crippen molar-refractivity contribution in [1.82, 2.24) is 4.98 Å². The average molecular weight is 674 g/mol. The van der Waals surface area contributed by atoms with Gasteiger partial charge in [0, 0.05) is 11.8 Å². The van der Waals surface area contributed by atoms with Gasteiger partial charge in [0.15, 0.2) is 0 Å². The number of benzene rings is 3. The van der Waals surface area contributed by atoms with Crippen LogP contribution in [-0.4, -0.2) is 4.98 Å². The van der Waals surface area contributed by atoms with Crippen molar-refractivity contribution in [3.8, 4) is 0 Å². The van der Waals surface area contributed by atoms with Crippen LogP contribution < -0.4 is 31.3 Å². The van der Waals surface area contributed by atoms with E-state index in [0.29, 0.717) is 17.8 Å². The van der Waals surface area contributed by atoms with Crippen LogP contribution in [0.4, 0.5) is 0 Å². The smallest absolute Gasteiger partial charge is 0.0706 e. The van der Waals surface area contributed by atoms with Gasteiger partial charge in [0.05, 0.1) is 11.4 Å². The molecule has 4 aromatic rings. The number of nitrogens with zero attached hydrogens (tertiary/aromatic N) is 1. The zero-order valence-corrected chi connectivity index (χ0v) is 30.2. The van der Waals surface area contributed by atoms with Crippen LogP contribution in [-0.2, 0) is 0 Å². The first-order valence-corrected chi connectivity index (χ1v) is 20.0. The molecule has 0 N–H and O–H groups in total. The van der Waals surface area contributed by atoms with E-state index in [9.17, 15) is 0 Å². The SMILES string of the molecule is C1=CC2C(C3=CC(c4cccc(C5=c6ccccc6=CCC5)n4)=CCC3)=c3ccccc3=C(C3=c4cccc(C5CCCCC5)c4=CCC3)C2C=C1. The normalized spacial score (nSPS) is 22.3. The fraction of sp³-hybridized carbons (Fsp3) is 0.275. The van der Waals surface area contributed by atoms with Crippen molar-refractivity contribution in [2.45, 2.75) is 76.5 Å². The minimum Gasteiger partial charge on any atom is -0.248 e. The number of fused-ring (bicyclic) bond motifs is 4. The molecule has 10 rings (SSSR count). The minimum absolute atomic E-state index is 0.314. The van der Waals surface area contributed by atoms with E-state index < -0.39 is 0 Å². The predicted octanol–water partition coefficient (Wildman–Crippen LogP) is 7.81. The monoisotopic (exact) mass is 673 g/mol. The molecule has 1 nitrogen and oxygen atoms in total. The van der Waals surface area contributed by atoms with Gasteiger partial charge in [-0.05, 0) is 146 Å². The van der Waals surface area contributed by atoms with Crippen molar-refractivity contribution >= 4 is 40.0 Å². The van der Waals surface area contributed by atoms with Crippen LogP contribution in [0.2, 0.25) is 0 Å². The summed E-state index contributed by atoms with van der Waals surface area (Å²) in [6.45, 7) is 0. The summed E-state index contributed by atoms with van der Waals surface area (Å²) < 4.78 is 0. The van der Waals surface area contributed by atoms with Crippen molar-refractivity contribution in [2.75, 3.05) is 0 Å². The quantitative estimate of drug-likeness (QED) is 0.211. The molecule has 1 fully saturated rings. The molecule has 3 aromatic carbocycles. The standard InChI is InChI=1S/C51H47N/c1-2-15-34(16-3-1)38-26-12-28-41-40(38)27-13-30-43(41)51-46-24-8-6-22-44(46)50(45-23-7-9-25-47(45)51)37-20-10-19-36(33-37)48-31-14-32-49(52-48)42-29-11-18-35-17-4-5-21-39(35)42/h4-9,12,14,17-19,21-28,31-34,44,46H,1-3,10-11,13,15-16,20,29-30H2. The van der Waals surface area contributed by atoms with E-state index in [-0.39, 0.29) is 0 Å². The summed E-state index contributed by atoms with van der Waals surface area (Å²) >= 11 is 0. The third kappa shape index (κ3) is 5.48. The Morgan fingerprint density at radius 3 is 2.06 bits per heavy atom. The second-order valence-electron chi connectivity index (χ2n) is 15.6. The van der Waals surface area contributed by atoms with Gasteiger partial charge in [0.25, 0.3) is 0 Å². The summed E-state index contributed by atoms with van der Waals surface area (Å²) in [5.74, 6) is 1.35. The van der Waals surface area contributed by atoms with Gasteiger partial charge < -0.3 is 0 Å². The Labute approximate surface area is 307 Å². The van der Waals surface area contributed by atoms with Gasteiger partial charge in [-0.15, -0.1) is 0 Å². The summed E-state index contributed by atoms with van der Waals surface area (Å²) in [5, 5.41) is 8.55. The lowest BCUT2D eigenvalue weighted by Gasteiger charge is -2.36. The number of allylic oxidation sites excluding steroid dienone is 8. The number of rotatable bonds is 5. The summed E-state index contributed by atoms with van der Waals surface area (Å²) in [7, 11) is 0. The molecule has 1 heterocycles. The summed E-state index contributed by atoms with van der Waals surface area (Å²) in [4.78, 5) is 5.35. The molecule has 256 valence electrons. The first-order chi connectivity index (χ1) is 25.8. The van der Waals surface area contributed by atoms with Gasteiger partial charge in [-0.1, -0.05) is 135 Å². The maximum absolute atomic E-state index is 5.35. The lowest BCUT2D eigenvalue weighted by Crippen LogP contribution is -2.43. The molecule has 0 amide bonds. The second-order valence-corrected chi connectivity index (χ2v) is 15.6. The molecule has 0 saturated heterocycles. The Hall–Kier alpha value is -5.01. The Morgan fingerprint density at radius 2 is 1.19 bits per heavy atom. The van der Waals surface area contributed by atoms with Crippen LogP contribution in [0.15, 0.2) is 127 Å². The van der Waals surface area contributed by atoms with E-state index >= 15 is 0 Å². The van der Waals surface area contributed by atoms with Gasteiger partial charge in [-0.2, -0.15) is 0 Å². The molecule has 52 heavy (non-hydrogen) atoms. The Morgan fingerprint density at radius 1 is 0.519 bits per heavy atom. The third-order valence-corrected chi connectivity index (χ3v) is 12.7. The van der Waals surface area contributed by atoms with Gasteiger partial charge in [-0.3, -0.25) is 0 Å². The highest BCUT2D eigenvalue weighted by Gasteiger charge is 2.34. The van der Waals surface area contributed by atoms with Crippen LogP contribution in [0.1, 0.15) is 93.5 Å². The van der Waals surface area contributed by atoms with E-state index in [1.54, 1.807) is 16.7 Å². The lowest BCUT2D eigenvalue weighted by atomic mass is 9.67. The minimum atomic E-state index is 0.314. The number of pyridine rings is 1. The van der Waals surface area contributed by atoms with Crippen molar-refractivity contribution in [2.24, 2.45) is 11.8 Å². The van der Waals surface area contributed by atoms with Crippen molar-refractivity contribution in [3.63, 3.8) is 0 Å². The van der Waals surface area contributed by atoms with Crippen LogP contribution >= 0.6 is 0 Å². The zero-order chi connectivity index (χ0) is 34.4.